The van der Waals surface area contributed by atoms with Crippen molar-refractivity contribution in [3.63, 3.8) is 0 Å². The van der Waals surface area contributed by atoms with Crippen LogP contribution in [0.5, 0.6) is 0 Å². The Balaban J connectivity index is 1.97. The molecule has 5 heteroatoms. The summed E-state index contributed by atoms with van der Waals surface area (Å²) < 4.78 is 6.05. The van der Waals surface area contributed by atoms with E-state index in [4.69, 9.17) is 9.84 Å². The van der Waals surface area contributed by atoms with Gasteiger partial charge in [0.2, 0.25) is 0 Å². The SMILES string of the molecule is CN(C)CCN(CC(=O)O)C1CCOC2(CCCC2)C1. The third-order valence-electron chi connectivity index (χ3n) is 4.67. The monoisotopic (exact) mass is 284 g/mol. The predicted molar refractivity (Wildman–Crippen MR) is 77.9 cm³/mol. The van der Waals surface area contributed by atoms with Crippen LogP contribution in [0.1, 0.15) is 38.5 Å². The Kier molecular flexibility index (Phi) is 5.41. The van der Waals surface area contributed by atoms with Crippen LogP contribution in [0.2, 0.25) is 0 Å². The molecule has 2 aliphatic rings. The van der Waals surface area contributed by atoms with Gasteiger partial charge < -0.3 is 14.7 Å². The molecule has 1 atom stereocenters. The lowest BCUT2D eigenvalue weighted by Crippen LogP contribution is -2.50. The maximum Gasteiger partial charge on any atom is 0.317 e. The normalized spacial score (nSPS) is 25.7. The number of nitrogens with zero attached hydrogens (tertiary/aromatic N) is 2. The molecule has 5 nitrogen and oxygen atoms in total. The van der Waals surface area contributed by atoms with E-state index in [-0.39, 0.29) is 12.1 Å². The number of carboxylic acid groups (broad SMARTS) is 1. The molecule has 0 aromatic rings. The summed E-state index contributed by atoms with van der Waals surface area (Å²) in [5.41, 5.74) is 0.0534. The third kappa shape index (κ3) is 4.17. The largest absolute Gasteiger partial charge is 0.480 e. The van der Waals surface area contributed by atoms with Crippen LogP contribution >= 0.6 is 0 Å². The second kappa shape index (κ2) is 6.87. The quantitative estimate of drug-likeness (QED) is 0.799. The van der Waals surface area contributed by atoms with Crippen molar-refractivity contribution in [2.45, 2.75) is 50.2 Å². The predicted octanol–water partition coefficient (Wildman–Crippen LogP) is 1.43. The second-order valence-electron chi connectivity index (χ2n) is 6.55. The zero-order chi connectivity index (χ0) is 14.6. The summed E-state index contributed by atoms with van der Waals surface area (Å²) >= 11 is 0. The zero-order valence-corrected chi connectivity index (χ0v) is 12.8. The van der Waals surface area contributed by atoms with Gasteiger partial charge in [-0.05, 0) is 39.8 Å². The molecule has 1 saturated heterocycles. The van der Waals surface area contributed by atoms with Gasteiger partial charge in [0.05, 0.1) is 12.1 Å². The molecule has 1 saturated carbocycles. The molecule has 0 aromatic heterocycles. The number of rotatable bonds is 6. The molecule has 1 aliphatic carbocycles. The zero-order valence-electron chi connectivity index (χ0n) is 12.8. The van der Waals surface area contributed by atoms with Crippen LogP contribution in [0.25, 0.3) is 0 Å². The van der Waals surface area contributed by atoms with Crippen molar-refractivity contribution < 1.29 is 14.6 Å². The molecule has 1 spiro atoms. The second-order valence-corrected chi connectivity index (χ2v) is 6.55. The summed E-state index contributed by atoms with van der Waals surface area (Å²) in [7, 11) is 4.06. The molecular weight excluding hydrogens is 256 g/mol. The van der Waals surface area contributed by atoms with Gasteiger partial charge in [-0.2, -0.15) is 0 Å². The van der Waals surface area contributed by atoms with Crippen molar-refractivity contribution in [1.29, 1.82) is 0 Å². The first-order valence-corrected chi connectivity index (χ1v) is 7.75. The van der Waals surface area contributed by atoms with Crippen molar-refractivity contribution in [3.05, 3.63) is 0 Å². The van der Waals surface area contributed by atoms with Crippen molar-refractivity contribution in [3.8, 4) is 0 Å². The van der Waals surface area contributed by atoms with Gasteiger partial charge in [0.15, 0.2) is 0 Å². The molecule has 2 rings (SSSR count). The molecule has 1 N–H and O–H groups in total. The highest BCUT2D eigenvalue weighted by atomic mass is 16.5. The van der Waals surface area contributed by atoms with E-state index in [9.17, 15) is 4.79 Å². The molecule has 2 fully saturated rings. The Morgan fingerprint density at radius 2 is 2.00 bits per heavy atom. The maximum absolute atomic E-state index is 11.1. The summed E-state index contributed by atoms with van der Waals surface area (Å²) in [6.45, 7) is 2.65. The fourth-order valence-corrected chi connectivity index (χ4v) is 3.57. The minimum absolute atomic E-state index is 0.0534. The Hall–Kier alpha value is -0.650. The minimum atomic E-state index is -0.726. The van der Waals surface area contributed by atoms with E-state index < -0.39 is 5.97 Å². The van der Waals surface area contributed by atoms with Crippen molar-refractivity contribution >= 4 is 5.97 Å². The fourth-order valence-electron chi connectivity index (χ4n) is 3.57. The van der Waals surface area contributed by atoms with Crippen LogP contribution in [0.4, 0.5) is 0 Å². The lowest BCUT2D eigenvalue weighted by molar-refractivity contribution is -0.142. The van der Waals surface area contributed by atoms with Gasteiger partial charge in [-0.1, -0.05) is 12.8 Å². The fraction of sp³-hybridized carbons (Fsp3) is 0.933. The van der Waals surface area contributed by atoms with E-state index in [1.165, 1.54) is 12.8 Å². The highest BCUT2D eigenvalue weighted by Gasteiger charge is 2.41. The van der Waals surface area contributed by atoms with E-state index in [0.717, 1.165) is 45.4 Å². The van der Waals surface area contributed by atoms with Crippen LogP contribution in [-0.4, -0.2) is 72.9 Å². The molecule has 20 heavy (non-hydrogen) atoms. The van der Waals surface area contributed by atoms with Crippen LogP contribution in [0.3, 0.4) is 0 Å². The highest BCUT2D eigenvalue weighted by molar-refractivity contribution is 5.69. The number of hydrogen-bond donors (Lipinski definition) is 1. The van der Waals surface area contributed by atoms with E-state index in [0.29, 0.717) is 6.04 Å². The van der Waals surface area contributed by atoms with Crippen molar-refractivity contribution in [1.82, 2.24) is 9.80 Å². The van der Waals surface area contributed by atoms with Gasteiger partial charge >= 0.3 is 5.97 Å². The van der Waals surface area contributed by atoms with Crippen molar-refractivity contribution in [2.75, 3.05) is 40.3 Å². The average Bonchev–Trinajstić information content (AvgIpc) is 2.82. The van der Waals surface area contributed by atoms with Crippen LogP contribution < -0.4 is 0 Å². The van der Waals surface area contributed by atoms with Crippen LogP contribution in [0, 0.1) is 0 Å². The Morgan fingerprint density at radius 3 is 2.60 bits per heavy atom. The van der Waals surface area contributed by atoms with Gasteiger partial charge in [0, 0.05) is 25.7 Å². The minimum Gasteiger partial charge on any atom is -0.480 e. The average molecular weight is 284 g/mol. The number of carboxylic acids is 1. The Morgan fingerprint density at radius 1 is 1.30 bits per heavy atom. The van der Waals surface area contributed by atoms with Crippen LogP contribution in [-0.2, 0) is 9.53 Å². The summed E-state index contributed by atoms with van der Waals surface area (Å²) in [5.74, 6) is -0.726. The topological polar surface area (TPSA) is 53.0 Å². The summed E-state index contributed by atoms with van der Waals surface area (Å²) in [6.07, 6.45) is 6.78. The van der Waals surface area contributed by atoms with E-state index in [2.05, 4.69) is 9.80 Å². The summed E-state index contributed by atoms with van der Waals surface area (Å²) in [5, 5.41) is 9.15. The lowest BCUT2D eigenvalue weighted by atomic mass is 9.88. The van der Waals surface area contributed by atoms with Gasteiger partial charge in [-0.3, -0.25) is 9.69 Å². The third-order valence-corrected chi connectivity index (χ3v) is 4.67. The molecule has 1 unspecified atom stereocenters. The van der Waals surface area contributed by atoms with E-state index >= 15 is 0 Å². The van der Waals surface area contributed by atoms with Gasteiger partial charge in [-0.25, -0.2) is 0 Å². The summed E-state index contributed by atoms with van der Waals surface area (Å²) in [4.78, 5) is 15.4. The molecule has 1 heterocycles. The van der Waals surface area contributed by atoms with Gasteiger partial charge in [-0.15, -0.1) is 0 Å². The molecule has 1 aliphatic heterocycles. The summed E-state index contributed by atoms with van der Waals surface area (Å²) in [6, 6.07) is 0.359. The molecular formula is C15H28N2O3. The number of hydrogen-bond acceptors (Lipinski definition) is 4. The van der Waals surface area contributed by atoms with Gasteiger partial charge in [0.25, 0.3) is 0 Å². The maximum atomic E-state index is 11.1. The first-order valence-electron chi connectivity index (χ1n) is 7.75. The first-order chi connectivity index (χ1) is 9.51. The van der Waals surface area contributed by atoms with Gasteiger partial charge in [0.1, 0.15) is 0 Å². The van der Waals surface area contributed by atoms with Crippen molar-refractivity contribution in [2.24, 2.45) is 0 Å². The number of aliphatic carboxylic acids is 1. The number of ether oxygens (including phenoxy) is 1. The highest BCUT2D eigenvalue weighted by Crippen LogP contribution is 2.41. The molecule has 0 amide bonds. The smallest absolute Gasteiger partial charge is 0.317 e. The molecule has 116 valence electrons. The number of likely N-dealkylation sites (N-methyl/N-ethyl adjacent to an activating group) is 1. The van der Waals surface area contributed by atoms with E-state index in [1.807, 2.05) is 14.1 Å². The number of carbonyl (C=O) groups is 1. The standard InChI is InChI=1S/C15H28N2O3/c1-16(2)8-9-17(12-14(18)19)13-5-10-20-15(11-13)6-3-4-7-15/h13H,3-12H2,1-2H3,(H,18,19). The Bertz CT molecular complexity index is 327. The Labute approximate surface area is 121 Å². The van der Waals surface area contributed by atoms with E-state index in [1.54, 1.807) is 0 Å². The molecule has 0 aromatic carbocycles. The molecule has 0 radical (unpaired) electrons. The van der Waals surface area contributed by atoms with Crippen LogP contribution in [0.15, 0.2) is 0 Å². The first kappa shape index (κ1) is 15.7. The molecule has 0 bridgehead atoms. The lowest BCUT2D eigenvalue weighted by Gasteiger charge is -2.42.